The van der Waals surface area contributed by atoms with Crippen LogP contribution in [0.3, 0.4) is 0 Å². The van der Waals surface area contributed by atoms with Crippen LogP contribution >= 0.6 is 0 Å². The zero-order valence-corrected chi connectivity index (χ0v) is 13.5. The lowest BCUT2D eigenvalue weighted by Gasteiger charge is -2.27. The maximum absolute atomic E-state index is 12.5. The van der Waals surface area contributed by atoms with Crippen molar-refractivity contribution in [2.45, 2.75) is 44.6 Å². The van der Waals surface area contributed by atoms with Crippen molar-refractivity contribution < 1.29 is 17.9 Å². The van der Waals surface area contributed by atoms with E-state index < -0.39 is 9.84 Å². The number of hydrogen-bond donors (Lipinski definition) is 0. The van der Waals surface area contributed by atoms with Gasteiger partial charge in [-0.2, -0.15) is 0 Å². The molecule has 0 aromatic heterocycles. The van der Waals surface area contributed by atoms with Crippen LogP contribution < -0.4 is 0 Å². The van der Waals surface area contributed by atoms with Gasteiger partial charge in [0.15, 0.2) is 9.84 Å². The Balaban J connectivity index is 2.06. The number of ether oxygens (including phenoxy) is 1. The lowest BCUT2D eigenvalue weighted by atomic mass is 9.94. The summed E-state index contributed by atoms with van der Waals surface area (Å²) in [4.78, 5) is 14.2. The van der Waals surface area contributed by atoms with Crippen molar-refractivity contribution in [1.82, 2.24) is 4.90 Å². The molecule has 0 aromatic rings. The van der Waals surface area contributed by atoms with Crippen LogP contribution in [0.5, 0.6) is 0 Å². The topological polar surface area (TPSA) is 63.7 Å². The van der Waals surface area contributed by atoms with E-state index in [1.54, 1.807) is 18.1 Å². The van der Waals surface area contributed by atoms with Crippen molar-refractivity contribution in [3.63, 3.8) is 0 Å². The van der Waals surface area contributed by atoms with Crippen molar-refractivity contribution in [2.24, 2.45) is 0 Å². The molecule has 6 heteroatoms. The molecule has 0 radical (unpaired) electrons. The van der Waals surface area contributed by atoms with Crippen molar-refractivity contribution in [3.8, 4) is 0 Å². The Hall–Kier alpha value is -0.880. The monoisotopic (exact) mass is 315 g/mol. The van der Waals surface area contributed by atoms with Gasteiger partial charge in [0.2, 0.25) is 5.91 Å². The second-order valence-electron chi connectivity index (χ2n) is 5.94. The zero-order chi connectivity index (χ0) is 15.3. The highest BCUT2D eigenvalue weighted by molar-refractivity contribution is 7.91. The quantitative estimate of drug-likeness (QED) is 0.722. The van der Waals surface area contributed by atoms with E-state index in [0.717, 1.165) is 25.7 Å². The van der Waals surface area contributed by atoms with Gasteiger partial charge in [-0.05, 0) is 32.1 Å². The summed E-state index contributed by atoms with van der Waals surface area (Å²) in [6, 6.07) is -0.196. The predicted octanol–water partition coefficient (Wildman–Crippen LogP) is 1.54. The van der Waals surface area contributed by atoms with Crippen molar-refractivity contribution in [2.75, 3.05) is 31.8 Å². The number of methoxy groups -OCH3 is 1. The van der Waals surface area contributed by atoms with Crippen LogP contribution in [-0.4, -0.2) is 57.0 Å². The Morgan fingerprint density at radius 1 is 1.33 bits per heavy atom. The molecule has 2 fully saturated rings. The van der Waals surface area contributed by atoms with Crippen molar-refractivity contribution in [1.29, 1.82) is 0 Å². The van der Waals surface area contributed by atoms with Crippen LogP contribution in [0.15, 0.2) is 11.6 Å². The third kappa shape index (κ3) is 4.81. The minimum atomic E-state index is -2.99. The summed E-state index contributed by atoms with van der Waals surface area (Å²) in [5, 5.41) is 0. The van der Waals surface area contributed by atoms with Gasteiger partial charge < -0.3 is 9.64 Å². The molecule has 1 saturated heterocycles. The minimum absolute atomic E-state index is 0.0500. The summed E-state index contributed by atoms with van der Waals surface area (Å²) in [7, 11) is -1.40. The molecule has 5 nitrogen and oxygen atoms in total. The number of carbonyl (C=O) groups is 1. The molecular weight excluding hydrogens is 290 g/mol. The molecule has 0 N–H and O–H groups in total. The van der Waals surface area contributed by atoms with Crippen LogP contribution in [0, 0.1) is 0 Å². The maximum atomic E-state index is 12.5. The average molecular weight is 315 g/mol. The molecule has 0 aromatic carbocycles. The fraction of sp³-hybridized carbons (Fsp3) is 0.800. The highest BCUT2D eigenvalue weighted by Gasteiger charge is 2.34. The molecule has 0 spiro atoms. The van der Waals surface area contributed by atoms with Crippen molar-refractivity contribution in [3.05, 3.63) is 11.6 Å². The van der Waals surface area contributed by atoms with Gasteiger partial charge in [0.25, 0.3) is 0 Å². The SMILES string of the molecule is COCCN(C(=O)C=C1CCCCC1)C1CCS(=O)(=O)C1. The summed E-state index contributed by atoms with van der Waals surface area (Å²) in [6.45, 7) is 0.894. The molecule has 1 aliphatic heterocycles. The van der Waals surface area contributed by atoms with Gasteiger partial charge in [-0.3, -0.25) is 4.79 Å². The molecule has 1 aliphatic carbocycles. The van der Waals surface area contributed by atoms with Crippen LogP contribution in [0.1, 0.15) is 38.5 Å². The van der Waals surface area contributed by atoms with E-state index in [-0.39, 0.29) is 23.5 Å². The molecule has 1 unspecified atom stereocenters. The van der Waals surface area contributed by atoms with Gasteiger partial charge in [0.05, 0.1) is 18.1 Å². The third-order valence-corrected chi connectivity index (χ3v) is 6.04. The van der Waals surface area contributed by atoms with Gasteiger partial charge in [0, 0.05) is 25.8 Å². The highest BCUT2D eigenvalue weighted by atomic mass is 32.2. The molecule has 21 heavy (non-hydrogen) atoms. The standard InChI is InChI=1S/C15H25NO4S/c1-20-9-8-16(14-7-10-21(18,19)12-14)15(17)11-13-5-3-2-4-6-13/h11,14H,2-10,12H2,1H3. The Bertz CT molecular complexity index is 490. The lowest BCUT2D eigenvalue weighted by Crippen LogP contribution is -2.42. The second-order valence-corrected chi connectivity index (χ2v) is 8.17. The van der Waals surface area contributed by atoms with Gasteiger partial charge >= 0.3 is 0 Å². The second kappa shape index (κ2) is 7.40. The number of rotatable bonds is 5. The van der Waals surface area contributed by atoms with Crippen molar-refractivity contribution >= 4 is 15.7 Å². The molecular formula is C15H25NO4S. The first-order valence-electron chi connectivity index (χ1n) is 7.71. The molecule has 120 valence electrons. The summed E-state index contributed by atoms with van der Waals surface area (Å²) in [6.07, 6.45) is 7.80. The summed E-state index contributed by atoms with van der Waals surface area (Å²) >= 11 is 0. The highest BCUT2D eigenvalue weighted by Crippen LogP contribution is 2.24. The summed E-state index contributed by atoms with van der Waals surface area (Å²) < 4.78 is 28.4. The van der Waals surface area contributed by atoms with E-state index in [1.807, 2.05) is 0 Å². The number of hydrogen-bond acceptors (Lipinski definition) is 4. The summed E-state index contributed by atoms with van der Waals surface area (Å²) in [5.41, 5.74) is 1.20. The third-order valence-electron chi connectivity index (χ3n) is 4.29. The Labute approximate surface area is 127 Å². The number of amides is 1. The smallest absolute Gasteiger partial charge is 0.246 e. The molecule has 0 bridgehead atoms. The van der Waals surface area contributed by atoms with E-state index in [9.17, 15) is 13.2 Å². The van der Waals surface area contributed by atoms with E-state index in [4.69, 9.17) is 4.74 Å². The molecule has 1 heterocycles. The van der Waals surface area contributed by atoms with E-state index in [2.05, 4.69) is 0 Å². The van der Waals surface area contributed by atoms with Gasteiger partial charge in [-0.25, -0.2) is 8.42 Å². The van der Waals surface area contributed by atoms with Crippen LogP contribution in [0.2, 0.25) is 0 Å². The Morgan fingerprint density at radius 3 is 2.62 bits per heavy atom. The predicted molar refractivity (Wildman–Crippen MR) is 81.8 cm³/mol. The molecule has 1 atom stereocenters. The van der Waals surface area contributed by atoms with E-state index in [0.29, 0.717) is 19.6 Å². The van der Waals surface area contributed by atoms with E-state index >= 15 is 0 Å². The van der Waals surface area contributed by atoms with Gasteiger partial charge in [0.1, 0.15) is 0 Å². The van der Waals surface area contributed by atoms with Crippen LogP contribution in [-0.2, 0) is 19.4 Å². The fourth-order valence-electron chi connectivity index (χ4n) is 3.09. The number of carbonyl (C=O) groups excluding carboxylic acids is 1. The molecule has 1 saturated carbocycles. The number of nitrogens with zero attached hydrogens (tertiary/aromatic N) is 1. The zero-order valence-electron chi connectivity index (χ0n) is 12.7. The number of sulfone groups is 1. The van der Waals surface area contributed by atoms with Gasteiger partial charge in [-0.1, -0.05) is 12.0 Å². The summed E-state index contributed by atoms with van der Waals surface area (Å²) in [5.74, 6) is 0.224. The minimum Gasteiger partial charge on any atom is -0.383 e. The number of allylic oxidation sites excluding steroid dienone is 1. The molecule has 2 rings (SSSR count). The first-order valence-corrected chi connectivity index (χ1v) is 9.53. The lowest BCUT2D eigenvalue weighted by molar-refractivity contribution is -0.128. The van der Waals surface area contributed by atoms with Crippen LogP contribution in [0.4, 0.5) is 0 Å². The Morgan fingerprint density at radius 2 is 2.05 bits per heavy atom. The van der Waals surface area contributed by atoms with E-state index in [1.165, 1.54) is 12.0 Å². The normalized spacial score (nSPS) is 24.8. The first-order chi connectivity index (χ1) is 10.0. The molecule has 2 aliphatic rings. The first kappa shape index (κ1) is 16.5. The largest absolute Gasteiger partial charge is 0.383 e. The maximum Gasteiger partial charge on any atom is 0.246 e. The van der Waals surface area contributed by atoms with Crippen LogP contribution in [0.25, 0.3) is 0 Å². The fourth-order valence-corrected chi connectivity index (χ4v) is 4.82. The molecule has 1 amide bonds. The Kier molecular flexibility index (Phi) is 5.81. The van der Waals surface area contributed by atoms with Gasteiger partial charge in [-0.15, -0.1) is 0 Å². The average Bonchev–Trinajstić information content (AvgIpc) is 2.80.